The Morgan fingerprint density at radius 1 is 1.11 bits per heavy atom. The van der Waals surface area contributed by atoms with E-state index in [0.717, 1.165) is 5.56 Å². The number of nitrogens with zero attached hydrogens (tertiary/aromatic N) is 2. The first-order chi connectivity index (χ1) is 16.6. The van der Waals surface area contributed by atoms with Crippen LogP contribution in [0, 0.1) is 17.2 Å². The first-order valence-electron chi connectivity index (χ1n) is 11.3. The number of carboxylic acids is 1. The number of likely N-dealkylation sites (tertiary alicyclic amines) is 2. The number of amidine groups is 1. The molecule has 0 radical (unpaired) electrons. The van der Waals surface area contributed by atoms with E-state index in [0.29, 0.717) is 22.6 Å². The zero-order valence-electron chi connectivity index (χ0n) is 19.4. The molecule has 3 atom stereocenters. The van der Waals surface area contributed by atoms with Crippen LogP contribution < -0.4 is 15.2 Å². The zero-order chi connectivity index (χ0) is 25.1. The van der Waals surface area contributed by atoms with Gasteiger partial charge in [0, 0.05) is 17.1 Å². The number of benzene rings is 2. The van der Waals surface area contributed by atoms with Gasteiger partial charge in [-0.1, -0.05) is 30.3 Å². The molecular formula is C25H26N4O6. The minimum Gasteiger partial charge on any atom is -0.480 e. The molecule has 35 heavy (non-hydrogen) atoms. The third-order valence-electron chi connectivity index (χ3n) is 7.27. The maximum absolute atomic E-state index is 13.7. The summed E-state index contributed by atoms with van der Waals surface area (Å²) in [5.74, 6) is -2.05. The molecule has 2 aromatic rings. The molecule has 2 aromatic carbocycles. The van der Waals surface area contributed by atoms with E-state index >= 15 is 0 Å². The Bertz CT molecular complexity index is 1240. The fourth-order valence-corrected chi connectivity index (χ4v) is 5.62. The number of nitrogen functional groups attached to an aromatic ring is 1. The monoisotopic (exact) mass is 478 g/mol. The molecule has 3 aliphatic heterocycles. The lowest BCUT2D eigenvalue weighted by atomic mass is 9.81. The average Bonchev–Trinajstić information content (AvgIpc) is 3.43. The maximum Gasteiger partial charge on any atom is 0.317 e. The summed E-state index contributed by atoms with van der Waals surface area (Å²) < 4.78 is 10.8. The van der Waals surface area contributed by atoms with Crippen LogP contribution in [0.5, 0.6) is 11.5 Å². The van der Waals surface area contributed by atoms with Crippen molar-refractivity contribution >= 4 is 23.6 Å². The quantitative estimate of drug-likeness (QED) is 0.323. The highest BCUT2D eigenvalue weighted by Gasteiger charge is 2.65. The number of ether oxygens (including phenoxy) is 2. The van der Waals surface area contributed by atoms with Gasteiger partial charge in [-0.2, -0.15) is 0 Å². The van der Waals surface area contributed by atoms with Gasteiger partial charge in [-0.25, -0.2) is 0 Å². The molecule has 0 aromatic heterocycles. The lowest BCUT2D eigenvalue weighted by Crippen LogP contribution is -2.49. The van der Waals surface area contributed by atoms with E-state index in [1.165, 1.54) is 4.90 Å². The molecule has 0 unspecified atom stereocenters. The third-order valence-corrected chi connectivity index (χ3v) is 7.27. The van der Waals surface area contributed by atoms with Crippen LogP contribution in [0.4, 0.5) is 0 Å². The Balaban J connectivity index is 1.51. The molecule has 0 spiro atoms. The van der Waals surface area contributed by atoms with Gasteiger partial charge in [0.05, 0.1) is 24.9 Å². The number of amides is 2. The molecule has 0 saturated carbocycles. The number of hydrogen-bond acceptors (Lipinski definition) is 7. The van der Waals surface area contributed by atoms with E-state index in [1.54, 1.807) is 47.4 Å². The third kappa shape index (κ3) is 3.61. The Labute approximate surface area is 201 Å². The van der Waals surface area contributed by atoms with Gasteiger partial charge in [0.25, 0.3) is 0 Å². The van der Waals surface area contributed by atoms with Crippen LogP contribution in [-0.2, 0) is 20.9 Å². The number of carbonyl (C=O) groups excluding carboxylic acids is 2. The molecule has 2 saturated heterocycles. The molecule has 5 rings (SSSR count). The molecule has 0 bridgehead atoms. The van der Waals surface area contributed by atoms with Gasteiger partial charge >= 0.3 is 5.97 Å². The van der Waals surface area contributed by atoms with E-state index in [-0.39, 0.29) is 37.5 Å². The highest BCUT2D eigenvalue weighted by Crippen LogP contribution is 2.54. The zero-order valence-corrected chi connectivity index (χ0v) is 19.4. The molecule has 10 heteroatoms. The molecule has 10 nitrogen and oxygen atoms in total. The van der Waals surface area contributed by atoms with Crippen molar-refractivity contribution in [1.82, 2.24) is 9.80 Å². The first-order valence-corrected chi connectivity index (χ1v) is 11.3. The molecule has 3 heterocycles. The van der Waals surface area contributed by atoms with Crippen LogP contribution in [0.2, 0.25) is 0 Å². The van der Waals surface area contributed by atoms with Crippen LogP contribution >= 0.6 is 0 Å². The van der Waals surface area contributed by atoms with Crippen molar-refractivity contribution in [3.05, 3.63) is 59.2 Å². The number of hydrogen-bond donors (Lipinski definition) is 3. The van der Waals surface area contributed by atoms with Gasteiger partial charge < -0.3 is 20.3 Å². The fraction of sp³-hybridized carbons (Fsp3) is 0.360. The minimum absolute atomic E-state index is 0.0896. The maximum atomic E-state index is 13.7. The van der Waals surface area contributed by atoms with Crippen LogP contribution in [-0.4, -0.2) is 57.4 Å². The smallest absolute Gasteiger partial charge is 0.317 e. The van der Waals surface area contributed by atoms with Crippen LogP contribution in [0.15, 0.2) is 42.5 Å². The van der Waals surface area contributed by atoms with E-state index in [9.17, 15) is 19.5 Å². The van der Waals surface area contributed by atoms with E-state index in [1.807, 2.05) is 13.8 Å². The standard InChI is InChI=1S/C25H26N4O6/c1-25(2)20-19(21(29(25)11-18(30)31)14-4-6-15(7-5-14)22(26)27)23(32)28(24(20)33)10-13-3-8-16-17(9-13)35-12-34-16/h3-9,19-21H,10-12H2,1-2H3,(H3,26,27)(H,30,31)/t19-,20-,21-/m0/s1. The Morgan fingerprint density at radius 2 is 1.80 bits per heavy atom. The summed E-state index contributed by atoms with van der Waals surface area (Å²) in [6, 6.07) is 11.5. The van der Waals surface area contributed by atoms with Crippen LogP contribution in [0.25, 0.3) is 0 Å². The summed E-state index contributed by atoms with van der Waals surface area (Å²) in [7, 11) is 0. The molecule has 2 amide bonds. The van der Waals surface area contributed by atoms with Gasteiger partial charge in [-0.15, -0.1) is 0 Å². The number of nitrogens with two attached hydrogens (primary N) is 1. The number of rotatable bonds is 6. The normalized spacial score (nSPS) is 24.6. The van der Waals surface area contributed by atoms with Gasteiger partial charge in [0.2, 0.25) is 18.6 Å². The summed E-state index contributed by atoms with van der Waals surface area (Å²) in [4.78, 5) is 42.1. The number of imide groups is 1. The Hall–Kier alpha value is -3.92. The second kappa shape index (κ2) is 8.09. The highest BCUT2D eigenvalue weighted by molar-refractivity contribution is 6.07. The molecule has 4 N–H and O–H groups in total. The number of carbonyl (C=O) groups is 3. The first kappa shape index (κ1) is 22.9. The molecule has 2 fully saturated rings. The van der Waals surface area contributed by atoms with Crippen molar-refractivity contribution in [3.63, 3.8) is 0 Å². The van der Waals surface area contributed by atoms with Crippen LogP contribution in [0.3, 0.4) is 0 Å². The van der Waals surface area contributed by atoms with Crippen molar-refractivity contribution < 1.29 is 29.0 Å². The number of carboxylic acid groups (broad SMARTS) is 1. The Kier molecular flexibility index (Phi) is 5.28. The molecule has 0 aliphatic carbocycles. The molecule has 182 valence electrons. The van der Waals surface area contributed by atoms with Gasteiger partial charge in [0.1, 0.15) is 5.84 Å². The minimum atomic E-state index is -1.04. The van der Waals surface area contributed by atoms with Crippen molar-refractivity contribution in [1.29, 1.82) is 5.41 Å². The lowest BCUT2D eigenvalue weighted by molar-refractivity contribution is -0.147. The lowest BCUT2D eigenvalue weighted by Gasteiger charge is -2.38. The number of nitrogens with one attached hydrogen (secondary N) is 1. The summed E-state index contributed by atoms with van der Waals surface area (Å²) in [6.07, 6.45) is 0. The predicted molar refractivity (Wildman–Crippen MR) is 124 cm³/mol. The number of aliphatic carboxylic acids is 1. The summed E-state index contributed by atoms with van der Waals surface area (Å²) >= 11 is 0. The summed E-state index contributed by atoms with van der Waals surface area (Å²) in [5, 5.41) is 17.3. The van der Waals surface area contributed by atoms with Crippen LogP contribution in [0.1, 0.15) is 36.6 Å². The van der Waals surface area contributed by atoms with Gasteiger partial charge in [0.15, 0.2) is 11.5 Å². The fourth-order valence-electron chi connectivity index (χ4n) is 5.62. The molecular weight excluding hydrogens is 452 g/mol. The van der Waals surface area contributed by atoms with E-state index in [4.69, 9.17) is 20.6 Å². The van der Waals surface area contributed by atoms with E-state index in [2.05, 4.69) is 0 Å². The predicted octanol–water partition coefficient (Wildman–Crippen LogP) is 1.72. The van der Waals surface area contributed by atoms with Gasteiger partial charge in [-0.3, -0.25) is 29.6 Å². The second-order valence-electron chi connectivity index (χ2n) is 9.61. The average molecular weight is 479 g/mol. The molecule has 3 aliphatic rings. The second-order valence-corrected chi connectivity index (χ2v) is 9.61. The van der Waals surface area contributed by atoms with Gasteiger partial charge in [-0.05, 0) is 37.1 Å². The SMILES string of the molecule is CC1(C)[C@@H]2C(=O)N(Cc3ccc4c(c3)OCO4)C(=O)[C@@H]2[C@H](c2ccc(C(=N)N)cc2)N1CC(=O)O. The van der Waals surface area contributed by atoms with Crippen molar-refractivity contribution in [2.24, 2.45) is 17.6 Å². The Morgan fingerprint density at radius 3 is 2.46 bits per heavy atom. The van der Waals surface area contributed by atoms with Crippen molar-refractivity contribution in [3.8, 4) is 11.5 Å². The summed E-state index contributed by atoms with van der Waals surface area (Å²) in [6.45, 7) is 3.52. The van der Waals surface area contributed by atoms with Crippen molar-refractivity contribution in [2.45, 2.75) is 32.0 Å². The summed E-state index contributed by atoms with van der Waals surface area (Å²) in [5.41, 5.74) is 6.64. The number of fused-ring (bicyclic) bond motifs is 2. The van der Waals surface area contributed by atoms with Crippen molar-refractivity contribution in [2.75, 3.05) is 13.3 Å². The highest BCUT2D eigenvalue weighted by atomic mass is 16.7. The van der Waals surface area contributed by atoms with E-state index < -0.39 is 29.4 Å². The largest absolute Gasteiger partial charge is 0.480 e. The topological polar surface area (TPSA) is 146 Å².